The van der Waals surface area contributed by atoms with Gasteiger partial charge in [0.1, 0.15) is 0 Å². The molecule has 0 amide bonds. The zero-order chi connectivity index (χ0) is 53.4. The lowest BCUT2D eigenvalue weighted by atomic mass is 9.67. The molecule has 2 aliphatic carbocycles. The van der Waals surface area contributed by atoms with Crippen molar-refractivity contribution in [2.45, 2.75) is 51.4 Å². The van der Waals surface area contributed by atoms with Crippen LogP contribution in [0, 0.1) is 27.7 Å². The highest BCUT2D eigenvalue weighted by atomic mass is 15.1. The van der Waals surface area contributed by atoms with Gasteiger partial charge in [0.25, 0.3) is 0 Å². The summed E-state index contributed by atoms with van der Waals surface area (Å²) in [6.45, 7) is 11.6. The summed E-state index contributed by atoms with van der Waals surface area (Å²) in [5, 5.41) is 2.50. The molecule has 14 rings (SSSR count). The van der Waals surface area contributed by atoms with Crippen LogP contribution in [0.2, 0.25) is 0 Å². The molecule has 2 unspecified atom stereocenters. The van der Waals surface area contributed by atoms with Gasteiger partial charge in [0, 0.05) is 28.4 Å². The largest absolute Gasteiger partial charge is 0.310 e. The van der Waals surface area contributed by atoms with Crippen molar-refractivity contribution in [1.82, 2.24) is 0 Å². The molecule has 12 aromatic carbocycles. The first-order chi connectivity index (χ1) is 38.7. The van der Waals surface area contributed by atoms with Gasteiger partial charge in [-0.25, -0.2) is 0 Å². The molecule has 0 saturated heterocycles. The smallest absolute Gasteiger partial charge is 0.0713 e. The quantitative estimate of drug-likeness (QED) is 0.123. The molecule has 0 fully saturated rings. The van der Waals surface area contributed by atoms with E-state index in [2.05, 4.69) is 313 Å². The molecule has 0 aliphatic heterocycles. The van der Waals surface area contributed by atoms with Crippen LogP contribution in [0.5, 0.6) is 0 Å². The minimum atomic E-state index is -0.533. The monoisotopic (exact) mass is 1010 g/mol. The summed E-state index contributed by atoms with van der Waals surface area (Å²) in [4.78, 5) is 2.40. The normalized spacial score (nSPS) is 15.0. The van der Waals surface area contributed by atoms with Crippen molar-refractivity contribution in [1.29, 1.82) is 0 Å². The Morgan fingerprint density at radius 2 is 0.899 bits per heavy atom. The Morgan fingerprint density at radius 1 is 0.329 bits per heavy atom. The SMILES string of the molecule is Cc1cccc(C2(c3ccc(C(c4cc(-c5c(C)cc(C)cc5C)c5c(c4)C(C)(c4ccccc4)c4cc(N(c6ccccc6)c6ccccc6)ccc4-5)c4cccc5ccccc45)cc3)c3ccccc3-c3ccccc32)c1. The van der Waals surface area contributed by atoms with Gasteiger partial charge >= 0.3 is 0 Å². The van der Waals surface area contributed by atoms with E-state index in [9.17, 15) is 0 Å². The van der Waals surface area contributed by atoms with Gasteiger partial charge in [-0.2, -0.15) is 0 Å². The predicted octanol–water partition coefficient (Wildman–Crippen LogP) is 20.1. The van der Waals surface area contributed by atoms with Gasteiger partial charge in [0.15, 0.2) is 0 Å². The van der Waals surface area contributed by atoms with Crippen molar-refractivity contribution < 1.29 is 0 Å². The summed E-state index contributed by atoms with van der Waals surface area (Å²) in [5.74, 6) is -0.126. The number of nitrogens with zero attached hydrogens (tertiary/aromatic N) is 1. The second-order valence-corrected chi connectivity index (χ2v) is 22.3. The van der Waals surface area contributed by atoms with E-state index < -0.39 is 10.8 Å². The number of anilines is 3. The molecule has 2 atom stereocenters. The van der Waals surface area contributed by atoms with E-state index in [0.29, 0.717) is 0 Å². The molecule has 0 heterocycles. The lowest BCUT2D eigenvalue weighted by molar-refractivity contribution is 0.712. The number of fused-ring (bicyclic) bond motifs is 7. The highest BCUT2D eigenvalue weighted by Gasteiger charge is 2.47. The molecule has 0 radical (unpaired) electrons. The number of benzene rings is 12. The Bertz CT molecular complexity index is 4190. The lowest BCUT2D eigenvalue weighted by Gasteiger charge is -2.34. The van der Waals surface area contributed by atoms with Gasteiger partial charge in [-0.1, -0.05) is 242 Å². The van der Waals surface area contributed by atoms with E-state index in [-0.39, 0.29) is 5.92 Å². The van der Waals surface area contributed by atoms with Gasteiger partial charge in [-0.05, 0) is 188 Å². The molecule has 0 saturated carbocycles. The van der Waals surface area contributed by atoms with Crippen molar-refractivity contribution in [2.24, 2.45) is 0 Å². The highest BCUT2D eigenvalue weighted by Crippen LogP contribution is 2.60. The zero-order valence-electron chi connectivity index (χ0n) is 45.5. The summed E-state index contributed by atoms with van der Waals surface area (Å²) >= 11 is 0. The van der Waals surface area contributed by atoms with E-state index in [4.69, 9.17) is 0 Å². The molecule has 0 spiro atoms. The average molecular weight is 1010 g/mol. The first-order valence-corrected chi connectivity index (χ1v) is 27.9. The number of hydrogen-bond donors (Lipinski definition) is 0. The van der Waals surface area contributed by atoms with E-state index in [0.717, 1.165) is 17.1 Å². The Kier molecular flexibility index (Phi) is 11.6. The Morgan fingerprint density at radius 3 is 1.56 bits per heavy atom. The van der Waals surface area contributed by atoms with Crippen LogP contribution >= 0.6 is 0 Å². The molecular weight excluding hydrogens is 951 g/mol. The van der Waals surface area contributed by atoms with Crippen LogP contribution < -0.4 is 4.90 Å². The van der Waals surface area contributed by atoms with E-state index in [1.807, 2.05) is 0 Å². The first kappa shape index (κ1) is 48.1. The maximum absolute atomic E-state index is 2.61. The number of aryl methyl sites for hydroxylation is 4. The van der Waals surface area contributed by atoms with Crippen molar-refractivity contribution in [2.75, 3.05) is 4.90 Å². The fourth-order valence-corrected chi connectivity index (χ4v) is 14.3. The summed E-state index contributed by atoms with van der Waals surface area (Å²) in [5.41, 5.74) is 28.1. The van der Waals surface area contributed by atoms with Crippen LogP contribution in [0.3, 0.4) is 0 Å². The molecule has 0 bridgehead atoms. The summed E-state index contributed by atoms with van der Waals surface area (Å²) in [6.07, 6.45) is 0. The molecule has 2 aliphatic rings. The maximum atomic E-state index is 2.61. The highest BCUT2D eigenvalue weighted by molar-refractivity contribution is 5.98. The van der Waals surface area contributed by atoms with Gasteiger partial charge in [-0.3, -0.25) is 0 Å². The van der Waals surface area contributed by atoms with Crippen LogP contribution in [-0.4, -0.2) is 0 Å². The van der Waals surface area contributed by atoms with Crippen molar-refractivity contribution >= 4 is 27.8 Å². The molecule has 79 heavy (non-hydrogen) atoms. The van der Waals surface area contributed by atoms with Crippen LogP contribution in [0.4, 0.5) is 17.1 Å². The third kappa shape index (κ3) is 7.59. The molecular formula is C78H61N. The van der Waals surface area contributed by atoms with Crippen molar-refractivity contribution in [3.8, 4) is 33.4 Å². The summed E-state index contributed by atoms with van der Waals surface area (Å²) in [6, 6.07) is 103. The molecule has 0 aromatic heterocycles. The van der Waals surface area contributed by atoms with Crippen LogP contribution in [0.1, 0.15) is 90.7 Å². The Hall–Kier alpha value is -9.30. The van der Waals surface area contributed by atoms with E-state index >= 15 is 0 Å². The molecule has 12 aromatic rings. The van der Waals surface area contributed by atoms with Crippen molar-refractivity contribution in [3.63, 3.8) is 0 Å². The fourth-order valence-electron chi connectivity index (χ4n) is 14.3. The minimum Gasteiger partial charge on any atom is -0.310 e. The standard InChI is InChI=1S/C78H61N/c1-51-23-21-28-60(47-51)78(70-37-19-17-34-65(70)66-35-18-20-38-71(66)78)59-41-39-56(40-42-59)75(67-36-22-25-55-24-15-16-33-64(55)67)57-48-69(74-53(3)45-52(2)46-54(74)4)76-68-44-43-63(79(61-29-11-7-12-30-61)62-31-13-8-14-32-62)50-72(68)77(5,73(76)49-57)58-26-9-6-10-27-58/h6-50,75H,1-5H3. The number of para-hydroxylation sites is 2. The van der Waals surface area contributed by atoms with E-state index in [1.54, 1.807) is 0 Å². The Balaban J connectivity index is 1.04. The number of hydrogen-bond acceptors (Lipinski definition) is 1. The van der Waals surface area contributed by atoms with Gasteiger partial charge < -0.3 is 4.90 Å². The second kappa shape index (κ2) is 19.0. The van der Waals surface area contributed by atoms with Crippen LogP contribution in [0.15, 0.2) is 273 Å². The van der Waals surface area contributed by atoms with Crippen molar-refractivity contribution in [3.05, 3.63) is 351 Å². The zero-order valence-corrected chi connectivity index (χ0v) is 45.5. The Labute approximate surface area is 465 Å². The molecule has 378 valence electrons. The van der Waals surface area contributed by atoms with Gasteiger partial charge in [-0.15, -0.1) is 0 Å². The minimum absolute atomic E-state index is 0.126. The predicted molar refractivity (Wildman–Crippen MR) is 332 cm³/mol. The second-order valence-electron chi connectivity index (χ2n) is 22.3. The number of rotatable bonds is 10. The summed E-state index contributed by atoms with van der Waals surface area (Å²) in [7, 11) is 0. The van der Waals surface area contributed by atoms with E-state index in [1.165, 1.54) is 122 Å². The molecule has 1 heteroatoms. The maximum Gasteiger partial charge on any atom is 0.0713 e. The average Bonchev–Trinajstić information content (AvgIpc) is 3.84. The molecule has 0 N–H and O–H groups in total. The van der Waals surface area contributed by atoms with Crippen LogP contribution in [0.25, 0.3) is 44.2 Å². The topological polar surface area (TPSA) is 3.24 Å². The van der Waals surface area contributed by atoms with Gasteiger partial charge in [0.05, 0.1) is 5.41 Å². The van der Waals surface area contributed by atoms with Gasteiger partial charge in [0.2, 0.25) is 0 Å². The third-order valence-corrected chi connectivity index (χ3v) is 17.6. The lowest BCUT2D eigenvalue weighted by Crippen LogP contribution is -2.28. The molecule has 1 nitrogen and oxygen atoms in total. The van der Waals surface area contributed by atoms with Crippen LogP contribution in [-0.2, 0) is 10.8 Å². The summed E-state index contributed by atoms with van der Waals surface area (Å²) < 4.78 is 0. The third-order valence-electron chi connectivity index (χ3n) is 17.6. The fraction of sp³-hybridized carbons (Fsp3) is 0.103. The first-order valence-electron chi connectivity index (χ1n) is 27.9.